The van der Waals surface area contributed by atoms with Crippen molar-refractivity contribution in [2.45, 2.75) is 19.2 Å². The third-order valence-corrected chi connectivity index (χ3v) is 6.42. The Morgan fingerprint density at radius 3 is 2.46 bits per heavy atom. The number of rotatable bonds is 8. The highest BCUT2D eigenvalue weighted by Crippen LogP contribution is 2.29. The van der Waals surface area contributed by atoms with Gasteiger partial charge < -0.3 is 36.0 Å². The third-order valence-electron chi connectivity index (χ3n) is 6.42. The summed E-state index contributed by atoms with van der Waals surface area (Å²) in [4.78, 5) is 27.7. The van der Waals surface area contributed by atoms with Gasteiger partial charge in [0.25, 0.3) is 5.91 Å². The Hall–Kier alpha value is -4.22. The molecule has 41 heavy (non-hydrogen) atoms. The average Bonchev–Trinajstić information content (AvgIpc) is 2.93. The van der Waals surface area contributed by atoms with Gasteiger partial charge in [-0.05, 0) is 31.2 Å². The Morgan fingerprint density at radius 1 is 1.10 bits per heavy atom. The molecule has 218 valence electrons. The van der Waals surface area contributed by atoms with Crippen LogP contribution in [0, 0.1) is 12.3 Å². The smallest absolute Gasteiger partial charge is 0.368 e. The summed E-state index contributed by atoms with van der Waals surface area (Å²) in [6.45, 7) is 2.72. The van der Waals surface area contributed by atoms with E-state index in [4.69, 9.17) is 11.3 Å². The maximum atomic E-state index is 13.0. The topological polar surface area (TPSA) is 188 Å². The molecular weight excluding hydrogens is 547 g/mol. The van der Waals surface area contributed by atoms with Gasteiger partial charge in [0.15, 0.2) is 0 Å². The number of aryl methyl sites for hydroxylation is 1. The molecule has 0 atom stereocenters. The third kappa shape index (κ3) is 7.30. The van der Waals surface area contributed by atoms with E-state index >= 15 is 0 Å². The predicted octanol–water partition coefficient (Wildman–Crippen LogP) is 0.909. The second-order valence-electron chi connectivity index (χ2n) is 9.32. The maximum Gasteiger partial charge on any atom is 0.416 e. The Labute approximate surface area is 232 Å². The number of hydrazine groups is 1. The van der Waals surface area contributed by atoms with Crippen LogP contribution in [0.3, 0.4) is 0 Å². The van der Waals surface area contributed by atoms with Crippen LogP contribution in [0.5, 0.6) is 0 Å². The molecule has 0 aromatic carbocycles. The van der Waals surface area contributed by atoms with Gasteiger partial charge in [0.1, 0.15) is 5.69 Å². The van der Waals surface area contributed by atoms with E-state index in [9.17, 15) is 33.3 Å². The van der Waals surface area contributed by atoms with Crippen LogP contribution in [0.25, 0.3) is 0 Å². The summed E-state index contributed by atoms with van der Waals surface area (Å²) < 4.78 is 39.0. The van der Waals surface area contributed by atoms with Gasteiger partial charge in [-0.3, -0.25) is 19.7 Å². The molecule has 1 amide bonds. The Bertz CT molecular complexity index is 1420. The van der Waals surface area contributed by atoms with Gasteiger partial charge >= 0.3 is 12.3 Å². The highest BCUT2D eigenvalue weighted by Gasteiger charge is 2.33. The minimum Gasteiger partial charge on any atom is -0.368 e. The van der Waals surface area contributed by atoms with E-state index < -0.39 is 29.4 Å². The number of aromatic nitrogens is 3. The van der Waals surface area contributed by atoms with Crippen molar-refractivity contribution in [3.8, 4) is 0 Å². The number of halogens is 3. The van der Waals surface area contributed by atoms with Crippen molar-refractivity contribution in [1.82, 2.24) is 19.9 Å². The first-order valence-corrected chi connectivity index (χ1v) is 12.3. The van der Waals surface area contributed by atoms with E-state index in [-0.39, 0.29) is 31.0 Å². The van der Waals surface area contributed by atoms with Gasteiger partial charge in [-0.2, -0.15) is 13.2 Å². The number of amides is 1. The van der Waals surface area contributed by atoms with Gasteiger partial charge in [0.2, 0.25) is 0 Å². The molecule has 7 N–H and O–H groups in total. The van der Waals surface area contributed by atoms with Crippen LogP contribution >= 0.6 is 0 Å². The lowest BCUT2D eigenvalue weighted by atomic mass is 10.1. The van der Waals surface area contributed by atoms with Crippen LogP contribution in [0.15, 0.2) is 49.1 Å². The molecule has 4 heterocycles. The number of anilines is 3. The first-order chi connectivity index (χ1) is 19.2. The molecule has 13 nitrogen and oxygen atoms in total. The largest absolute Gasteiger partial charge is 0.416 e. The molecule has 16 heteroatoms. The van der Waals surface area contributed by atoms with E-state index in [1.165, 1.54) is 23.5 Å². The van der Waals surface area contributed by atoms with Gasteiger partial charge in [-0.25, -0.2) is 10.7 Å². The van der Waals surface area contributed by atoms with Crippen molar-refractivity contribution in [2.24, 2.45) is 5.84 Å². The molecule has 1 fully saturated rings. The zero-order chi connectivity index (χ0) is 29.9. The number of pyridine rings is 3. The summed E-state index contributed by atoms with van der Waals surface area (Å²) in [6.07, 6.45) is -2.18. The molecule has 4 rings (SSSR count). The molecule has 3 aromatic heterocycles. The SMILES string of the molecule is Cc1ncc(NC(=O)c2cc(C(F)(F)F)ccn2)cc1N(N)CC(=N)c1cncc(N2CCN(C(O)(O)O)CC2)c1. The minimum atomic E-state index is -4.63. The first kappa shape index (κ1) is 29.8. The number of carbonyl (C=O) groups is 1. The summed E-state index contributed by atoms with van der Waals surface area (Å²) in [6, 6.07) is 4.64. The van der Waals surface area contributed by atoms with Crippen molar-refractivity contribution < 1.29 is 33.3 Å². The minimum absolute atomic E-state index is 0.0733. The van der Waals surface area contributed by atoms with E-state index in [2.05, 4.69) is 20.3 Å². The van der Waals surface area contributed by atoms with Crippen molar-refractivity contribution in [3.63, 3.8) is 0 Å². The quantitative estimate of drug-likeness (QED) is 0.0970. The van der Waals surface area contributed by atoms with E-state index in [0.717, 1.165) is 17.2 Å². The van der Waals surface area contributed by atoms with Crippen LogP contribution in [-0.2, 0) is 6.18 Å². The normalized spacial score (nSPS) is 14.6. The monoisotopic (exact) mass is 575 g/mol. The summed E-state index contributed by atoms with van der Waals surface area (Å²) in [5.74, 6) is 5.38. The second kappa shape index (κ2) is 11.7. The molecule has 1 aliphatic rings. The maximum absolute atomic E-state index is 13.0. The fourth-order valence-corrected chi connectivity index (χ4v) is 4.18. The van der Waals surface area contributed by atoms with Crippen molar-refractivity contribution in [2.75, 3.05) is 47.9 Å². The number of hydrogen-bond acceptors (Lipinski definition) is 12. The summed E-state index contributed by atoms with van der Waals surface area (Å²) in [7, 11) is 0. The number of piperazine rings is 1. The van der Waals surface area contributed by atoms with Crippen LogP contribution in [0.1, 0.15) is 27.3 Å². The Balaban J connectivity index is 1.43. The average molecular weight is 576 g/mol. The molecule has 0 radical (unpaired) electrons. The second-order valence-corrected chi connectivity index (χ2v) is 9.32. The number of carbonyl (C=O) groups excluding carboxylic acids is 1. The highest BCUT2D eigenvalue weighted by molar-refractivity contribution is 6.03. The number of nitrogens with zero attached hydrogens (tertiary/aromatic N) is 6. The Kier molecular flexibility index (Phi) is 8.50. The molecule has 0 unspecified atom stereocenters. The number of aliphatic hydroxyl groups is 3. The fraction of sp³-hybridized carbons (Fsp3) is 0.320. The van der Waals surface area contributed by atoms with Gasteiger partial charge in [0.05, 0.1) is 53.0 Å². The van der Waals surface area contributed by atoms with Crippen molar-refractivity contribution >= 4 is 28.7 Å². The molecule has 0 spiro atoms. The number of nitrogens with one attached hydrogen (secondary N) is 2. The summed E-state index contributed by atoms with van der Waals surface area (Å²) in [5, 5.41) is 40.4. The van der Waals surface area contributed by atoms with Crippen LogP contribution in [-0.4, -0.2) is 85.6 Å². The van der Waals surface area contributed by atoms with Crippen LogP contribution in [0.2, 0.25) is 0 Å². The molecule has 0 aliphatic carbocycles. The fourth-order valence-electron chi connectivity index (χ4n) is 4.18. The lowest BCUT2D eigenvalue weighted by Gasteiger charge is -2.39. The predicted molar refractivity (Wildman–Crippen MR) is 142 cm³/mol. The molecule has 0 bridgehead atoms. The molecule has 1 aliphatic heterocycles. The van der Waals surface area contributed by atoms with Gasteiger partial charge in [-0.15, -0.1) is 0 Å². The van der Waals surface area contributed by atoms with Crippen molar-refractivity contribution in [1.29, 1.82) is 5.41 Å². The van der Waals surface area contributed by atoms with Crippen molar-refractivity contribution in [3.05, 3.63) is 71.6 Å². The molecular formula is C25H28F3N9O4. The van der Waals surface area contributed by atoms with E-state index in [1.807, 2.05) is 4.90 Å². The Morgan fingerprint density at radius 2 is 1.80 bits per heavy atom. The number of nitrogens with two attached hydrogens (primary N) is 1. The van der Waals surface area contributed by atoms with Crippen LogP contribution < -0.4 is 21.1 Å². The van der Waals surface area contributed by atoms with E-state index in [0.29, 0.717) is 41.8 Å². The highest BCUT2D eigenvalue weighted by atomic mass is 19.4. The standard InChI is InChI=1S/C25H28F3N9O4/c1-15-22(10-18(12-33-15)34-23(38)21-9-17(2-3-32-21)24(26,27)28)37(30)14-20(29)16-8-19(13-31-11-16)35-4-6-36(7-5-35)25(39,40)41/h2-3,8-13,29,39-41H,4-7,14,30H2,1H3,(H,34,38). The summed E-state index contributed by atoms with van der Waals surface area (Å²) >= 11 is 0. The zero-order valence-electron chi connectivity index (χ0n) is 21.8. The van der Waals surface area contributed by atoms with Gasteiger partial charge in [0, 0.05) is 44.1 Å². The zero-order valence-corrected chi connectivity index (χ0v) is 21.8. The number of alkyl halides is 3. The van der Waals surface area contributed by atoms with Crippen LogP contribution in [0.4, 0.5) is 30.2 Å². The lowest BCUT2D eigenvalue weighted by Crippen LogP contribution is -2.57. The number of hydrogen-bond donors (Lipinski definition) is 6. The lowest BCUT2D eigenvalue weighted by molar-refractivity contribution is -0.393. The molecule has 0 saturated carbocycles. The van der Waals surface area contributed by atoms with E-state index in [1.54, 1.807) is 19.2 Å². The molecule has 3 aromatic rings. The molecule has 1 saturated heterocycles. The van der Waals surface area contributed by atoms with Gasteiger partial charge in [-0.1, -0.05) is 0 Å². The first-order valence-electron chi connectivity index (χ1n) is 12.3. The summed E-state index contributed by atoms with van der Waals surface area (Å²) in [5.41, 5.74) is 0.867.